The molecule has 0 saturated heterocycles. The van der Waals surface area contributed by atoms with Gasteiger partial charge in [-0.3, -0.25) is 0 Å². The molecular formula is C36H24N4. The summed E-state index contributed by atoms with van der Waals surface area (Å²) in [6, 6.07) is 49.5. The van der Waals surface area contributed by atoms with Crippen LogP contribution in [0.15, 0.2) is 146 Å². The maximum absolute atomic E-state index is 4.95. The first-order valence-electron chi connectivity index (χ1n) is 13.2. The first-order chi connectivity index (χ1) is 19.8. The lowest BCUT2D eigenvalue weighted by Gasteiger charge is -2.10. The zero-order valence-electron chi connectivity index (χ0n) is 21.6. The predicted molar refractivity (Wildman–Crippen MR) is 162 cm³/mol. The maximum Gasteiger partial charge on any atom is 0.182 e. The molecule has 188 valence electrons. The standard InChI is InChI=1S/C36H24N4/c1-3-10-25(11-4-1)27-18-20-29(21-19-27)34-38-35(31-16-9-15-30(24-31)26-12-5-2-6-13-26)40-36(39-34)33-23-22-28-14-7-8-17-32(28)37-33/h1-24H. The largest absolute Gasteiger partial charge is 0.244 e. The third kappa shape index (κ3) is 4.74. The Hall–Kier alpha value is -5.48. The Balaban J connectivity index is 1.36. The van der Waals surface area contributed by atoms with Gasteiger partial charge in [-0.2, -0.15) is 0 Å². The number of nitrogens with zero attached hydrogens (tertiary/aromatic N) is 4. The summed E-state index contributed by atoms with van der Waals surface area (Å²) >= 11 is 0. The van der Waals surface area contributed by atoms with Crippen LogP contribution in [-0.4, -0.2) is 19.9 Å². The highest BCUT2D eigenvalue weighted by molar-refractivity contribution is 5.81. The van der Waals surface area contributed by atoms with Crippen molar-refractivity contribution in [2.45, 2.75) is 0 Å². The highest BCUT2D eigenvalue weighted by Gasteiger charge is 2.14. The van der Waals surface area contributed by atoms with Crippen LogP contribution in [0, 0.1) is 0 Å². The molecule has 4 nitrogen and oxygen atoms in total. The minimum Gasteiger partial charge on any atom is -0.244 e. The van der Waals surface area contributed by atoms with E-state index >= 15 is 0 Å². The molecule has 0 spiro atoms. The topological polar surface area (TPSA) is 51.6 Å². The minimum atomic E-state index is 0.544. The Kier molecular flexibility index (Phi) is 6.11. The van der Waals surface area contributed by atoms with Crippen LogP contribution in [0.1, 0.15) is 0 Å². The Labute approximate surface area is 232 Å². The smallest absolute Gasteiger partial charge is 0.182 e. The van der Waals surface area contributed by atoms with Crippen LogP contribution in [0.25, 0.3) is 67.5 Å². The molecule has 0 N–H and O–H groups in total. The van der Waals surface area contributed by atoms with E-state index in [1.54, 1.807) is 0 Å². The van der Waals surface area contributed by atoms with Gasteiger partial charge in [0.1, 0.15) is 5.69 Å². The van der Waals surface area contributed by atoms with E-state index in [2.05, 4.69) is 72.8 Å². The van der Waals surface area contributed by atoms with Gasteiger partial charge in [0, 0.05) is 16.5 Å². The number of pyridine rings is 1. The monoisotopic (exact) mass is 512 g/mol. The third-order valence-electron chi connectivity index (χ3n) is 6.94. The number of rotatable bonds is 5. The molecule has 0 saturated carbocycles. The molecule has 2 heterocycles. The summed E-state index contributed by atoms with van der Waals surface area (Å²) in [4.78, 5) is 19.7. The highest BCUT2D eigenvalue weighted by Crippen LogP contribution is 2.29. The molecule has 0 atom stereocenters. The van der Waals surface area contributed by atoms with Gasteiger partial charge in [-0.15, -0.1) is 0 Å². The second-order valence-electron chi connectivity index (χ2n) is 9.59. The van der Waals surface area contributed by atoms with E-state index in [1.807, 2.05) is 72.8 Å². The van der Waals surface area contributed by atoms with Crippen molar-refractivity contribution in [2.24, 2.45) is 0 Å². The molecule has 2 aromatic heterocycles. The fourth-order valence-corrected chi connectivity index (χ4v) is 4.85. The Bertz CT molecular complexity index is 1930. The molecule has 0 aliphatic rings. The summed E-state index contributed by atoms with van der Waals surface area (Å²) in [6.07, 6.45) is 0. The Morgan fingerprint density at radius 2 is 0.825 bits per heavy atom. The van der Waals surface area contributed by atoms with Crippen LogP contribution in [0.4, 0.5) is 0 Å². The predicted octanol–water partition coefficient (Wildman–Crippen LogP) is 8.75. The van der Waals surface area contributed by atoms with Crippen molar-refractivity contribution in [1.82, 2.24) is 19.9 Å². The average Bonchev–Trinajstić information content (AvgIpc) is 3.05. The molecule has 7 rings (SSSR count). The molecule has 5 aromatic carbocycles. The van der Waals surface area contributed by atoms with Crippen LogP contribution in [0.2, 0.25) is 0 Å². The van der Waals surface area contributed by atoms with Crippen molar-refractivity contribution in [1.29, 1.82) is 0 Å². The van der Waals surface area contributed by atoms with E-state index in [-0.39, 0.29) is 0 Å². The van der Waals surface area contributed by atoms with Gasteiger partial charge < -0.3 is 0 Å². The second-order valence-corrected chi connectivity index (χ2v) is 9.59. The quantitative estimate of drug-likeness (QED) is 0.231. The van der Waals surface area contributed by atoms with Crippen LogP contribution in [-0.2, 0) is 0 Å². The lowest BCUT2D eigenvalue weighted by Crippen LogP contribution is -2.01. The van der Waals surface area contributed by atoms with Crippen LogP contribution >= 0.6 is 0 Å². The van der Waals surface area contributed by atoms with Gasteiger partial charge in [0.25, 0.3) is 0 Å². The van der Waals surface area contributed by atoms with Gasteiger partial charge in [0.15, 0.2) is 17.5 Å². The molecule has 0 aliphatic carbocycles. The number of hydrogen-bond acceptors (Lipinski definition) is 4. The average molecular weight is 513 g/mol. The van der Waals surface area contributed by atoms with E-state index in [1.165, 1.54) is 5.56 Å². The number of aromatic nitrogens is 4. The molecular weight excluding hydrogens is 488 g/mol. The van der Waals surface area contributed by atoms with Crippen LogP contribution in [0.3, 0.4) is 0 Å². The number of hydrogen-bond donors (Lipinski definition) is 0. The lowest BCUT2D eigenvalue weighted by atomic mass is 10.0. The molecule has 0 aliphatic heterocycles. The molecule has 0 bridgehead atoms. The van der Waals surface area contributed by atoms with Crippen molar-refractivity contribution < 1.29 is 0 Å². The SMILES string of the molecule is c1ccc(-c2ccc(-c3nc(-c4cccc(-c5ccccc5)c4)nc(-c4ccc5ccccc5n4)n3)cc2)cc1. The number of benzene rings is 5. The molecule has 0 amide bonds. The molecule has 0 fully saturated rings. The van der Waals surface area contributed by atoms with Crippen LogP contribution < -0.4 is 0 Å². The molecule has 0 unspecified atom stereocenters. The molecule has 0 radical (unpaired) electrons. The van der Waals surface area contributed by atoms with E-state index in [0.717, 1.165) is 38.7 Å². The normalized spacial score (nSPS) is 11.0. The fraction of sp³-hybridized carbons (Fsp3) is 0. The van der Waals surface area contributed by atoms with E-state index in [9.17, 15) is 0 Å². The zero-order valence-corrected chi connectivity index (χ0v) is 21.6. The van der Waals surface area contributed by atoms with Crippen molar-refractivity contribution >= 4 is 10.9 Å². The summed E-state index contributed by atoms with van der Waals surface area (Å²) in [7, 11) is 0. The van der Waals surface area contributed by atoms with E-state index < -0.39 is 0 Å². The molecule has 7 aromatic rings. The first kappa shape index (κ1) is 23.6. The number of para-hydroxylation sites is 1. The number of fused-ring (bicyclic) bond motifs is 1. The lowest BCUT2D eigenvalue weighted by molar-refractivity contribution is 1.06. The zero-order chi connectivity index (χ0) is 26.7. The summed E-state index contributed by atoms with van der Waals surface area (Å²) in [5.41, 5.74) is 8.03. The van der Waals surface area contributed by atoms with Crippen molar-refractivity contribution in [3.63, 3.8) is 0 Å². The second kappa shape index (κ2) is 10.4. The van der Waals surface area contributed by atoms with Gasteiger partial charge in [-0.1, -0.05) is 127 Å². The summed E-state index contributed by atoms with van der Waals surface area (Å²) in [6.45, 7) is 0. The van der Waals surface area contributed by atoms with Crippen molar-refractivity contribution in [3.05, 3.63) is 146 Å². The minimum absolute atomic E-state index is 0.544. The van der Waals surface area contributed by atoms with Gasteiger partial charge >= 0.3 is 0 Å². The van der Waals surface area contributed by atoms with E-state index in [4.69, 9.17) is 19.9 Å². The van der Waals surface area contributed by atoms with E-state index in [0.29, 0.717) is 23.2 Å². The fourth-order valence-electron chi connectivity index (χ4n) is 4.85. The summed E-state index contributed by atoms with van der Waals surface area (Å²) < 4.78 is 0. The Morgan fingerprint density at radius 1 is 0.300 bits per heavy atom. The highest BCUT2D eigenvalue weighted by atomic mass is 15.0. The van der Waals surface area contributed by atoms with Gasteiger partial charge in [0.2, 0.25) is 0 Å². The molecule has 40 heavy (non-hydrogen) atoms. The van der Waals surface area contributed by atoms with Crippen molar-refractivity contribution in [2.75, 3.05) is 0 Å². The van der Waals surface area contributed by atoms with Crippen LogP contribution in [0.5, 0.6) is 0 Å². The van der Waals surface area contributed by atoms with Gasteiger partial charge in [-0.05, 0) is 40.5 Å². The third-order valence-corrected chi connectivity index (χ3v) is 6.94. The Morgan fingerprint density at radius 3 is 1.57 bits per heavy atom. The maximum atomic E-state index is 4.95. The van der Waals surface area contributed by atoms with Gasteiger partial charge in [0.05, 0.1) is 5.52 Å². The first-order valence-corrected chi connectivity index (χ1v) is 13.2. The summed E-state index contributed by atoms with van der Waals surface area (Å²) in [5.74, 6) is 1.77. The van der Waals surface area contributed by atoms with Crippen molar-refractivity contribution in [3.8, 4) is 56.5 Å². The van der Waals surface area contributed by atoms with Gasteiger partial charge in [-0.25, -0.2) is 19.9 Å². The summed E-state index contributed by atoms with van der Waals surface area (Å²) in [5, 5.41) is 1.08. The molecule has 4 heteroatoms.